The van der Waals surface area contributed by atoms with Crippen LogP contribution in [0.5, 0.6) is 5.75 Å². The van der Waals surface area contributed by atoms with Crippen LogP contribution >= 0.6 is 0 Å². The quantitative estimate of drug-likeness (QED) is 0.206. The summed E-state index contributed by atoms with van der Waals surface area (Å²) in [5.41, 5.74) is 0.686. The lowest BCUT2D eigenvalue weighted by Crippen LogP contribution is -2.61. The maximum atomic E-state index is 12.4. The Hall–Kier alpha value is -2.75. The van der Waals surface area contributed by atoms with Gasteiger partial charge in [0.2, 0.25) is 0 Å². The average Bonchev–Trinajstić information content (AvgIpc) is 2.78. The lowest BCUT2D eigenvalue weighted by molar-refractivity contribution is -0.302. The van der Waals surface area contributed by atoms with E-state index in [0.717, 1.165) is 0 Å². The van der Waals surface area contributed by atoms with Crippen molar-refractivity contribution < 1.29 is 38.7 Å². The summed E-state index contributed by atoms with van der Waals surface area (Å²) in [6, 6.07) is 6.28. The predicted molar refractivity (Wildman–Crippen MR) is 119 cm³/mol. The number of hydrogen-bond donors (Lipinski definition) is 2. The van der Waals surface area contributed by atoms with Crippen molar-refractivity contribution in [2.24, 2.45) is 0 Å². The SMILES string of the molecule is C=CCOC[C@H]1O[C@@H](O)[C@H](OC(=O)/C=C/c2ccc(O)cc2)[C@@H](OCC=C)[C@@H]1OCC=C. The highest BCUT2D eigenvalue weighted by Crippen LogP contribution is 2.28. The van der Waals surface area contributed by atoms with Gasteiger partial charge in [0.1, 0.15) is 24.1 Å². The van der Waals surface area contributed by atoms with Gasteiger partial charge in [-0.2, -0.15) is 0 Å². The molecule has 0 amide bonds. The lowest BCUT2D eigenvalue weighted by Gasteiger charge is -2.43. The van der Waals surface area contributed by atoms with E-state index in [1.165, 1.54) is 24.3 Å². The van der Waals surface area contributed by atoms with Crippen molar-refractivity contribution in [1.29, 1.82) is 0 Å². The number of rotatable bonds is 13. The van der Waals surface area contributed by atoms with Gasteiger partial charge in [0.25, 0.3) is 0 Å². The van der Waals surface area contributed by atoms with E-state index in [9.17, 15) is 15.0 Å². The van der Waals surface area contributed by atoms with Crippen LogP contribution in [0.3, 0.4) is 0 Å². The molecule has 0 aliphatic carbocycles. The van der Waals surface area contributed by atoms with Crippen molar-refractivity contribution in [3.8, 4) is 5.75 Å². The number of hydrogen-bond acceptors (Lipinski definition) is 8. The lowest BCUT2D eigenvalue weighted by atomic mass is 9.98. The molecule has 1 heterocycles. The highest BCUT2D eigenvalue weighted by molar-refractivity contribution is 5.87. The zero-order valence-electron chi connectivity index (χ0n) is 17.9. The zero-order valence-corrected chi connectivity index (χ0v) is 17.9. The number of carbonyl (C=O) groups excluding carboxylic acids is 1. The summed E-state index contributed by atoms with van der Waals surface area (Å²) in [7, 11) is 0. The van der Waals surface area contributed by atoms with Crippen LogP contribution in [0.4, 0.5) is 0 Å². The zero-order chi connectivity index (χ0) is 23.3. The van der Waals surface area contributed by atoms with Crippen molar-refractivity contribution in [2.75, 3.05) is 26.4 Å². The molecule has 0 bridgehead atoms. The Morgan fingerprint density at radius 1 is 0.969 bits per heavy atom. The van der Waals surface area contributed by atoms with Crippen molar-refractivity contribution in [2.45, 2.75) is 30.7 Å². The number of benzene rings is 1. The Morgan fingerprint density at radius 3 is 2.22 bits per heavy atom. The normalized spacial score (nSPS) is 25.3. The number of aromatic hydroxyl groups is 1. The minimum atomic E-state index is -1.46. The van der Waals surface area contributed by atoms with Crippen molar-refractivity contribution in [3.63, 3.8) is 0 Å². The van der Waals surface area contributed by atoms with Crippen LogP contribution < -0.4 is 0 Å². The van der Waals surface area contributed by atoms with E-state index in [2.05, 4.69) is 19.7 Å². The number of phenolic OH excluding ortho intramolecular Hbond substituents is 1. The van der Waals surface area contributed by atoms with Gasteiger partial charge in [-0.15, -0.1) is 19.7 Å². The Kier molecular flexibility index (Phi) is 10.9. The molecule has 2 rings (SSSR count). The van der Waals surface area contributed by atoms with Crippen molar-refractivity contribution >= 4 is 12.0 Å². The molecule has 5 atom stereocenters. The molecule has 1 aromatic carbocycles. The number of aliphatic hydroxyl groups is 1. The van der Waals surface area contributed by atoms with Gasteiger partial charge in [-0.3, -0.25) is 0 Å². The molecular formula is C24H30O8. The van der Waals surface area contributed by atoms with Gasteiger partial charge in [-0.05, 0) is 23.8 Å². The summed E-state index contributed by atoms with van der Waals surface area (Å²) >= 11 is 0. The summed E-state index contributed by atoms with van der Waals surface area (Å²) in [5.74, 6) is -0.589. The molecule has 1 aromatic rings. The first-order chi connectivity index (χ1) is 15.5. The molecule has 0 saturated carbocycles. The fraction of sp³-hybridized carbons (Fsp3) is 0.375. The van der Waals surface area contributed by atoms with Gasteiger partial charge >= 0.3 is 5.97 Å². The molecule has 1 fully saturated rings. The molecule has 2 N–H and O–H groups in total. The van der Waals surface area contributed by atoms with Crippen LogP contribution in [0, 0.1) is 0 Å². The first kappa shape index (κ1) is 25.5. The average molecular weight is 446 g/mol. The molecule has 0 spiro atoms. The van der Waals surface area contributed by atoms with Gasteiger partial charge in [-0.1, -0.05) is 30.4 Å². The third-order valence-corrected chi connectivity index (χ3v) is 4.50. The summed E-state index contributed by atoms with van der Waals surface area (Å²) in [5, 5.41) is 19.9. The van der Waals surface area contributed by atoms with E-state index in [1.807, 2.05) is 0 Å². The van der Waals surface area contributed by atoms with Crippen LogP contribution in [-0.2, 0) is 28.5 Å². The number of esters is 1. The summed E-state index contributed by atoms with van der Waals surface area (Å²) in [4.78, 5) is 12.4. The molecule has 8 nitrogen and oxygen atoms in total. The number of ether oxygens (including phenoxy) is 5. The monoisotopic (exact) mass is 446 g/mol. The fourth-order valence-corrected chi connectivity index (χ4v) is 3.09. The van der Waals surface area contributed by atoms with E-state index in [-0.39, 0.29) is 25.6 Å². The fourth-order valence-electron chi connectivity index (χ4n) is 3.09. The first-order valence-corrected chi connectivity index (χ1v) is 10.1. The minimum absolute atomic E-state index is 0.111. The second kappa shape index (κ2) is 13.6. The Bertz CT molecular complexity index is 773. The molecule has 0 radical (unpaired) electrons. The number of aliphatic hydroxyl groups excluding tert-OH is 1. The molecule has 174 valence electrons. The standard InChI is InChI=1S/C24H30O8/c1-4-13-28-16-19-21(29-14-5-2)22(30-15-6-3)23(24(27)31-19)32-20(26)12-9-17-7-10-18(25)11-8-17/h4-12,19,21-25,27H,1-3,13-16H2/b12-9+/t19-,21-,22+,23-,24-/m1/s1. The summed E-state index contributed by atoms with van der Waals surface area (Å²) in [6.07, 6.45) is 2.59. The summed E-state index contributed by atoms with van der Waals surface area (Å²) in [6.45, 7) is 11.6. The topological polar surface area (TPSA) is 104 Å². The van der Waals surface area contributed by atoms with Crippen LogP contribution in [0.1, 0.15) is 5.56 Å². The Labute approximate surface area is 188 Å². The third-order valence-electron chi connectivity index (χ3n) is 4.50. The smallest absolute Gasteiger partial charge is 0.331 e. The Balaban J connectivity index is 2.16. The van der Waals surface area contributed by atoms with Crippen LogP contribution in [0.2, 0.25) is 0 Å². The van der Waals surface area contributed by atoms with Gasteiger partial charge in [0.15, 0.2) is 12.4 Å². The van der Waals surface area contributed by atoms with Crippen LogP contribution in [0.25, 0.3) is 6.08 Å². The van der Waals surface area contributed by atoms with Gasteiger partial charge in [0.05, 0.1) is 26.4 Å². The third kappa shape index (κ3) is 7.74. The molecular weight excluding hydrogens is 416 g/mol. The molecule has 1 saturated heterocycles. The largest absolute Gasteiger partial charge is 0.508 e. The van der Waals surface area contributed by atoms with E-state index in [0.29, 0.717) is 12.2 Å². The predicted octanol–water partition coefficient (Wildman–Crippen LogP) is 2.38. The van der Waals surface area contributed by atoms with Crippen molar-refractivity contribution in [1.82, 2.24) is 0 Å². The van der Waals surface area contributed by atoms with E-state index >= 15 is 0 Å². The molecule has 32 heavy (non-hydrogen) atoms. The van der Waals surface area contributed by atoms with Gasteiger partial charge in [0, 0.05) is 6.08 Å². The number of carbonyl (C=O) groups is 1. The van der Waals surface area contributed by atoms with Crippen LogP contribution in [0.15, 0.2) is 68.3 Å². The highest BCUT2D eigenvalue weighted by Gasteiger charge is 2.48. The minimum Gasteiger partial charge on any atom is -0.508 e. The van der Waals surface area contributed by atoms with Gasteiger partial charge in [-0.25, -0.2) is 4.79 Å². The van der Waals surface area contributed by atoms with E-state index < -0.39 is 36.7 Å². The second-order valence-corrected chi connectivity index (χ2v) is 6.89. The van der Waals surface area contributed by atoms with Crippen LogP contribution in [-0.4, -0.2) is 73.3 Å². The summed E-state index contributed by atoms with van der Waals surface area (Å²) < 4.78 is 28.2. The molecule has 0 unspecified atom stereocenters. The second-order valence-electron chi connectivity index (χ2n) is 6.89. The first-order valence-electron chi connectivity index (χ1n) is 10.1. The van der Waals surface area contributed by atoms with Gasteiger partial charge < -0.3 is 33.9 Å². The highest BCUT2D eigenvalue weighted by atomic mass is 16.7. The van der Waals surface area contributed by atoms with E-state index in [1.54, 1.807) is 30.4 Å². The maximum absolute atomic E-state index is 12.4. The molecule has 8 heteroatoms. The molecule has 1 aliphatic rings. The van der Waals surface area contributed by atoms with Crippen molar-refractivity contribution in [3.05, 3.63) is 73.9 Å². The Morgan fingerprint density at radius 2 is 1.59 bits per heavy atom. The molecule has 1 aliphatic heterocycles. The maximum Gasteiger partial charge on any atom is 0.331 e. The molecule has 0 aromatic heterocycles. The van der Waals surface area contributed by atoms with E-state index in [4.69, 9.17) is 23.7 Å². The number of phenols is 1.